The van der Waals surface area contributed by atoms with Crippen molar-refractivity contribution in [3.8, 4) is 0 Å². The third-order valence-electron chi connectivity index (χ3n) is 6.20. The predicted molar refractivity (Wildman–Crippen MR) is 126 cm³/mol. The molecule has 1 aromatic rings. The molecule has 0 spiro atoms. The standard InChI is InChI=1S/C24H29Cl2N3O4/c1-3-11-27-22(31)15(2)29(14-16-8-9-19(25)20(26)13-16)21(30)10-12-28-23(32)17-6-4-5-7-18(17)24(28)33/h4-5,8-9,13,15,17-18H,3,6-7,10-12,14H2,1-2H3,(H,27,31)/t15?,17-,18+. The van der Waals surface area contributed by atoms with Crippen molar-refractivity contribution in [3.63, 3.8) is 0 Å². The fraction of sp³-hybridized carbons (Fsp3) is 0.500. The number of benzene rings is 1. The average molecular weight is 494 g/mol. The van der Waals surface area contributed by atoms with Crippen LogP contribution in [0.5, 0.6) is 0 Å². The van der Waals surface area contributed by atoms with E-state index in [1.807, 2.05) is 19.1 Å². The largest absolute Gasteiger partial charge is 0.354 e. The molecule has 3 rings (SSSR count). The quantitative estimate of drug-likeness (QED) is 0.420. The second-order valence-corrected chi connectivity index (χ2v) is 9.29. The lowest BCUT2D eigenvalue weighted by Gasteiger charge is -2.29. The van der Waals surface area contributed by atoms with E-state index < -0.39 is 6.04 Å². The first kappa shape index (κ1) is 25.2. The topological polar surface area (TPSA) is 86.8 Å². The number of nitrogens with one attached hydrogen (secondary N) is 1. The maximum Gasteiger partial charge on any atom is 0.242 e. The highest BCUT2D eigenvalue weighted by Gasteiger charge is 2.47. The number of carbonyl (C=O) groups is 4. The molecule has 1 aliphatic heterocycles. The van der Waals surface area contributed by atoms with Crippen LogP contribution >= 0.6 is 23.2 Å². The van der Waals surface area contributed by atoms with Crippen LogP contribution in [-0.4, -0.2) is 52.6 Å². The number of allylic oxidation sites excluding steroid dienone is 2. The molecule has 0 bridgehead atoms. The smallest absolute Gasteiger partial charge is 0.242 e. The minimum Gasteiger partial charge on any atom is -0.354 e. The maximum atomic E-state index is 13.2. The number of hydrogen-bond acceptors (Lipinski definition) is 4. The lowest BCUT2D eigenvalue weighted by atomic mass is 9.85. The summed E-state index contributed by atoms with van der Waals surface area (Å²) in [4.78, 5) is 53.9. The lowest BCUT2D eigenvalue weighted by Crippen LogP contribution is -2.48. The van der Waals surface area contributed by atoms with Gasteiger partial charge in [-0.25, -0.2) is 0 Å². The van der Waals surface area contributed by atoms with Crippen LogP contribution in [0.1, 0.15) is 45.1 Å². The molecule has 7 nitrogen and oxygen atoms in total. The summed E-state index contributed by atoms with van der Waals surface area (Å²) in [6.07, 6.45) is 5.68. The Morgan fingerprint density at radius 2 is 1.76 bits per heavy atom. The Kier molecular flexibility index (Phi) is 8.54. The molecule has 178 valence electrons. The molecular weight excluding hydrogens is 465 g/mol. The van der Waals surface area contributed by atoms with Gasteiger partial charge in [-0.15, -0.1) is 0 Å². The van der Waals surface area contributed by atoms with Gasteiger partial charge in [0.1, 0.15) is 6.04 Å². The van der Waals surface area contributed by atoms with E-state index in [-0.39, 0.29) is 55.0 Å². The Bertz CT molecular complexity index is 939. The van der Waals surface area contributed by atoms with E-state index in [2.05, 4.69) is 5.32 Å². The van der Waals surface area contributed by atoms with E-state index in [4.69, 9.17) is 23.2 Å². The molecule has 2 aliphatic rings. The Labute approximate surface area is 204 Å². The third-order valence-corrected chi connectivity index (χ3v) is 6.94. The van der Waals surface area contributed by atoms with Gasteiger partial charge in [0.15, 0.2) is 0 Å². The number of carbonyl (C=O) groups excluding carboxylic acids is 4. The average Bonchev–Trinajstić information content (AvgIpc) is 3.05. The molecule has 3 atom stereocenters. The van der Waals surface area contributed by atoms with Gasteiger partial charge < -0.3 is 10.2 Å². The second kappa shape index (κ2) is 11.2. The summed E-state index contributed by atoms with van der Waals surface area (Å²) in [6.45, 7) is 4.26. The zero-order chi connectivity index (χ0) is 24.1. The van der Waals surface area contributed by atoms with Crippen LogP contribution in [0.3, 0.4) is 0 Å². The molecule has 4 amide bonds. The van der Waals surface area contributed by atoms with Gasteiger partial charge in [-0.1, -0.05) is 48.3 Å². The Hall–Kier alpha value is -2.38. The molecular formula is C24H29Cl2N3O4. The second-order valence-electron chi connectivity index (χ2n) is 8.47. The minimum absolute atomic E-state index is 0.00464. The lowest BCUT2D eigenvalue weighted by molar-refractivity contribution is -0.143. The first-order valence-corrected chi connectivity index (χ1v) is 12.0. The van der Waals surface area contributed by atoms with Gasteiger partial charge >= 0.3 is 0 Å². The van der Waals surface area contributed by atoms with Crippen LogP contribution in [0, 0.1) is 11.8 Å². The third kappa shape index (κ3) is 5.76. The summed E-state index contributed by atoms with van der Waals surface area (Å²) >= 11 is 12.1. The van der Waals surface area contributed by atoms with Crippen molar-refractivity contribution >= 4 is 46.8 Å². The van der Waals surface area contributed by atoms with Crippen molar-refractivity contribution in [2.45, 2.75) is 52.1 Å². The van der Waals surface area contributed by atoms with Crippen LogP contribution in [-0.2, 0) is 25.7 Å². The predicted octanol–water partition coefficient (Wildman–Crippen LogP) is 3.58. The first-order valence-electron chi connectivity index (χ1n) is 11.3. The van der Waals surface area contributed by atoms with E-state index in [1.54, 1.807) is 25.1 Å². The highest BCUT2D eigenvalue weighted by atomic mass is 35.5. The van der Waals surface area contributed by atoms with Crippen molar-refractivity contribution in [2.75, 3.05) is 13.1 Å². The molecule has 1 saturated heterocycles. The molecule has 0 aromatic heterocycles. The van der Waals surface area contributed by atoms with Gasteiger partial charge in [-0.05, 0) is 43.9 Å². The highest BCUT2D eigenvalue weighted by Crippen LogP contribution is 2.35. The van der Waals surface area contributed by atoms with Crippen LogP contribution < -0.4 is 5.32 Å². The Balaban J connectivity index is 1.72. The summed E-state index contributed by atoms with van der Waals surface area (Å²) in [5, 5.41) is 3.57. The summed E-state index contributed by atoms with van der Waals surface area (Å²) in [5.41, 5.74) is 0.721. The SMILES string of the molecule is CCCNC(=O)C(C)N(Cc1ccc(Cl)c(Cl)c1)C(=O)CCN1C(=O)[C@H]2CC=CC[C@H]2C1=O. The zero-order valence-electron chi connectivity index (χ0n) is 18.9. The molecule has 9 heteroatoms. The van der Waals surface area contributed by atoms with E-state index in [0.717, 1.165) is 12.0 Å². The monoisotopic (exact) mass is 493 g/mol. The van der Waals surface area contributed by atoms with Crippen LogP contribution in [0.2, 0.25) is 10.0 Å². The molecule has 1 aliphatic carbocycles. The number of likely N-dealkylation sites (tertiary alicyclic amines) is 1. The summed E-state index contributed by atoms with van der Waals surface area (Å²) < 4.78 is 0. The maximum absolute atomic E-state index is 13.2. The molecule has 1 N–H and O–H groups in total. The normalized spacial score (nSPS) is 20.5. The molecule has 1 fully saturated rings. The zero-order valence-corrected chi connectivity index (χ0v) is 20.4. The number of nitrogens with zero attached hydrogens (tertiary/aromatic N) is 2. The van der Waals surface area contributed by atoms with Crippen LogP contribution in [0.15, 0.2) is 30.4 Å². The van der Waals surface area contributed by atoms with Gasteiger partial charge in [-0.3, -0.25) is 24.1 Å². The van der Waals surface area contributed by atoms with Gasteiger partial charge in [0.05, 0.1) is 21.9 Å². The number of fused-ring (bicyclic) bond motifs is 1. The number of hydrogen-bond donors (Lipinski definition) is 1. The molecule has 1 unspecified atom stereocenters. The number of amides is 4. The first-order chi connectivity index (χ1) is 15.7. The van der Waals surface area contributed by atoms with E-state index in [9.17, 15) is 19.2 Å². The van der Waals surface area contributed by atoms with Crippen molar-refractivity contribution in [2.24, 2.45) is 11.8 Å². The Morgan fingerprint density at radius 1 is 1.12 bits per heavy atom. The molecule has 33 heavy (non-hydrogen) atoms. The highest BCUT2D eigenvalue weighted by molar-refractivity contribution is 6.42. The van der Waals surface area contributed by atoms with Gasteiger partial charge in [0.2, 0.25) is 23.6 Å². The summed E-state index contributed by atoms with van der Waals surface area (Å²) in [5.74, 6) is -1.68. The summed E-state index contributed by atoms with van der Waals surface area (Å²) in [7, 11) is 0. The van der Waals surface area contributed by atoms with Crippen LogP contribution in [0.25, 0.3) is 0 Å². The minimum atomic E-state index is -0.740. The number of rotatable bonds is 9. The van der Waals surface area contributed by atoms with Crippen molar-refractivity contribution in [1.82, 2.24) is 15.1 Å². The van der Waals surface area contributed by atoms with E-state index in [1.165, 1.54) is 9.80 Å². The Morgan fingerprint density at radius 3 is 2.33 bits per heavy atom. The molecule has 1 aromatic carbocycles. The van der Waals surface area contributed by atoms with E-state index >= 15 is 0 Å². The molecule has 0 radical (unpaired) electrons. The fourth-order valence-electron chi connectivity index (χ4n) is 4.25. The molecule has 1 heterocycles. The molecule has 0 saturated carbocycles. The van der Waals surface area contributed by atoms with Crippen molar-refractivity contribution in [1.29, 1.82) is 0 Å². The number of halogens is 2. The fourth-order valence-corrected chi connectivity index (χ4v) is 4.57. The van der Waals surface area contributed by atoms with Gasteiger partial charge in [-0.2, -0.15) is 0 Å². The summed E-state index contributed by atoms with van der Waals surface area (Å²) in [6, 6.07) is 4.30. The van der Waals surface area contributed by atoms with Gasteiger partial charge in [0.25, 0.3) is 0 Å². The number of imide groups is 1. The van der Waals surface area contributed by atoms with Crippen molar-refractivity contribution < 1.29 is 19.2 Å². The van der Waals surface area contributed by atoms with E-state index in [0.29, 0.717) is 29.4 Å². The van der Waals surface area contributed by atoms with Gasteiger partial charge in [0, 0.05) is 26.1 Å². The van der Waals surface area contributed by atoms with Crippen LogP contribution in [0.4, 0.5) is 0 Å². The van der Waals surface area contributed by atoms with Crippen molar-refractivity contribution in [3.05, 3.63) is 46.0 Å².